The van der Waals surface area contributed by atoms with Gasteiger partial charge in [-0.3, -0.25) is 4.68 Å². The van der Waals surface area contributed by atoms with Gasteiger partial charge in [0.05, 0.1) is 11.7 Å². The molecule has 0 bridgehead atoms. The van der Waals surface area contributed by atoms with Crippen molar-refractivity contribution in [1.29, 1.82) is 0 Å². The molecule has 1 aliphatic carbocycles. The summed E-state index contributed by atoms with van der Waals surface area (Å²) in [6.45, 7) is 1.83. The van der Waals surface area contributed by atoms with E-state index in [0.29, 0.717) is 17.1 Å². The first-order valence-corrected chi connectivity index (χ1v) is 4.94. The smallest absolute Gasteiger partial charge is 0.215 e. The van der Waals surface area contributed by atoms with Crippen LogP contribution in [-0.2, 0) is 0 Å². The molecule has 0 spiro atoms. The number of hydrogen-bond donors (Lipinski definition) is 2. The van der Waals surface area contributed by atoms with E-state index in [0.717, 1.165) is 18.5 Å². The van der Waals surface area contributed by atoms with Crippen molar-refractivity contribution in [2.75, 3.05) is 0 Å². The molecule has 0 saturated heterocycles. The third kappa shape index (κ3) is 1.16. The number of pyridine rings is 1. The maximum Gasteiger partial charge on any atom is 0.215 e. The summed E-state index contributed by atoms with van der Waals surface area (Å²) < 4.78 is 1.81. The summed E-state index contributed by atoms with van der Waals surface area (Å²) >= 11 is 0. The van der Waals surface area contributed by atoms with Gasteiger partial charge in [0, 0.05) is 6.07 Å². The summed E-state index contributed by atoms with van der Waals surface area (Å²) in [5.41, 5.74) is 1.95. The van der Waals surface area contributed by atoms with Crippen LogP contribution in [0.5, 0.6) is 11.6 Å². The molecule has 3 rings (SSSR count). The second kappa shape index (κ2) is 2.62. The lowest BCUT2D eigenvalue weighted by Gasteiger charge is -2.01. The number of nitrogens with zero attached hydrogens (tertiary/aromatic N) is 3. The Morgan fingerprint density at radius 1 is 1.40 bits per heavy atom. The molecule has 5 nitrogen and oxygen atoms in total. The van der Waals surface area contributed by atoms with Crippen LogP contribution in [-0.4, -0.2) is 25.0 Å². The first-order valence-electron chi connectivity index (χ1n) is 4.94. The van der Waals surface area contributed by atoms with E-state index in [2.05, 4.69) is 10.1 Å². The molecule has 5 heteroatoms. The van der Waals surface area contributed by atoms with Gasteiger partial charge in [-0.1, -0.05) is 0 Å². The van der Waals surface area contributed by atoms with Gasteiger partial charge in [0.15, 0.2) is 0 Å². The lowest BCUT2D eigenvalue weighted by Crippen LogP contribution is -1.96. The molecule has 0 aliphatic heterocycles. The van der Waals surface area contributed by atoms with Crippen LogP contribution in [0.1, 0.15) is 24.6 Å². The highest BCUT2D eigenvalue weighted by Crippen LogP contribution is 2.40. The van der Waals surface area contributed by atoms with Crippen LogP contribution < -0.4 is 0 Å². The number of hydrogen-bond acceptors (Lipinski definition) is 4. The molecule has 78 valence electrons. The van der Waals surface area contributed by atoms with Crippen LogP contribution in [0.15, 0.2) is 6.07 Å². The molecule has 0 amide bonds. The topological polar surface area (TPSA) is 71.2 Å². The summed E-state index contributed by atoms with van der Waals surface area (Å²) in [5, 5.41) is 23.4. The van der Waals surface area contributed by atoms with Crippen LogP contribution in [0.3, 0.4) is 0 Å². The average Bonchev–Trinajstić information content (AvgIpc) is 2.93. The predicted octanol–water partition coefficient (Wildman–Crippen LogP) is 1.49. The van der Waals surface area contributed by atoms with E-state index in [1.165, 1.54) is 6.07 Å². The van der Waals surface area contributed by atoms with Crippen molar-refractivity contribution < 1.29 is 10.2 Å². The Balaban J connectivity index is 2.38. The fourth-order valence-electron chi connectivity index (χ4n) is 1.83. The molecule has 0 unspecified atom stereocenters. The van der Waals surface area contributed by atoms with E-state index in [1.807, 2.05) is 11.6 Å². The molecule has 2 aromatic rings. The summed E-state index contributed by atoms with van der Waals surface area (Å²) in [4.78, 5) is 3.98. The number of rotatable bonds is 1. The highest BCUT2D eigenvalue weighted by molar-refractivity contribution is 5.84. The van der Waals surface area contributed by atoms with E-state index in [-0.39, 0.29) is 11.6 Å². The van der Waals surface area contributed by atoms with E-state index in [4.69, 9.17) is 0 Å². The molecule has 15 heavy (non-hydrogen) atoms. The second-order valence-corrected chi connectivity index (χ2v) is 3.96. The van der Waals surface area contributed by atoms with Gasteiger partial charge < -0.3 is 10.2 Å². The molecule has 1 fully saturated rings. The summed E-state index contributed by atoms with van der Waals surface area (Å²) in [6.07, 6.45) is 2.19. The molecule has 1 saturated carbocycles. The standard InChI is InChI=1S/C10H11N3O2/c1-5-9-10(7(14)4-8(15)11-9)13(12-5)6-2-3-6/h4,6H,2-3H2,1H3,(H2,11,14,15). The number of aryl methyl sites for hydroxylation is 1. The van der Waals surface area contributed by atoms with Gasteiger partial charge in [0.2, 0.25) is 5.88 Å². The largest absolute Gasteiger partial charge is 0.505 e. The van der Waals surface area contributed by atoms with Crippen LogP contribution >= 0.6 is 0 Å². The Morgan fingerprint density at radius 3 is 2.80 bits per heavy atom. The van der Waals surface area contributed by atoms with E-state index in [1.54, 1.807) is 0 Å². The van der Waals surface area contributed by atoms with E-state index >= 15 is 0 Å². The minimum absolute atomic E-state index is 0.0463. The Kier molecular flexibility index (Phi) is 1.49. The van der Waals surface area contributed by atoms with Crippen LogP contribution in [0.2, 0.25) is 0 Å². The third-order valence-corrected chi connectivity index (χ3v) is 2.68. The number of fused-ring (bicyclic) bond motifs is 1. The van der Waals surface area contributed by atoms with Crippen molar-refractivity contribution in [2.24, 2.45) is 0 Å². The molecule has 0 radical (unpaired) electrons. The summed E-state index contributed by atoms with van der Waals surface area (Å²) in [5.74, 6) is -0.122. The molecule has 0 atom stereocenters. The zero-order valence-corrected chi connectivity index (χ0v) is 8.30. The number of aromatic nitrogens is 3. The minimum atomic E-state index is -0.168. The van der Waals surface area contributed by atoms with Gasteiger partial charge in [0.1, 0.15) is 16.8 Å². The number of aromatic hydroxyl groups is 2. The monoisotopic (exact) mass is 205 g/mol. The van der Waals surface area contributed by atoms with Crippen LogP contribution in [0.25, 0.3) is 11.0 Å². The van der Waals surface area contributed by atoms with Crippen molar-refractivity contribution in [1.82, 2.24) is 14.8 Å². The Morgan fingerprint density at radius 2 is 2.13 bits per heavy atom. The molecule has 1 aliphatic rings. The SMILES string of the molecule is Cc1nn(C2CC2)c2c(O)cc(O)nc12. The highest BCUT2D eigenvalue weighted by atomic mass is 16.3. The Hall–Kier alpha value is -1.78. The van der Waals surface area contributed by atoms with Crippen molar-refractivity contribution in [2.45, 2.75) is 25.8 Å². The molecule has 2 aromatic heterocycles. The maximum atomic E-state index is 9.76. The second-order valence-electron chi connectivity index (χ2n) is 3.96. The molecule has 2 N–H and O–H groups in total. The van der Waals surface area contributed by atoms with Crippen molar-refractivity contribution in [3.63, 3.8) is 0 Å². The molecular formula is C10H11N3O2. The lowest BCUT2D eigenvalue weighted by atomic mass is 10.3. The maximum absolute atomic E-state index is 9.76. The van der Waals surface area contributed by atoms with Crippen LogP contribution in [0, 0.1) is 6.92 Å². The lowest BCUT2D eigenvalue weighted by molar-refractivity contribution is 0.438. The quantitative estimate of drug-likeness (QED) is 0.739. The third-order valence-electron chi connectivity index (χ3n) is 2.68. The van der Waals surface area contributed by atoms with Gasteiger partial charge in [-0.05, 0) is 19.8 Å². The fourth-order valence-corrected chi connectivity index (χ4v) is 1.83. The summed E-state index contributed by atoms with van der Waals surface area (Å²) in [7, 11) is 0. The first kappa shape index (κ1) is 8.52. The predicted molar refractivity (Wildman–Crippen MR) is 53.9 cm³/mol. The van der Waals surface area contributed by atoms with Gasteiger partial charge in [-0.15, -0.1) is 0 Å². The van der Waals surface area contributed by atoms with Crippen LogP contribution in [0.4, 0.5) is 0 Å². The highest BCUT2D eigenvalue weighted by Gasteiger charge is 2.28. The first-order chi connectivity index (χ1) is 7.16. The van der Waals surface area contributed by atoms with Gasteiger partial charge in [-0.25, -0.2) is 4.98 Å². The Bertz CT molecular complexity index is 543. The minimum Gasteiger partial charge on any atom is -0.505 e. The molecule has 2 heterocycles. The Labute approximate surface area is 86.0 Å². The van der Waals surface area contributed by atoms with Crippen molar-refractivity contribution in [3.05, 3.63) is 11.8 Å². The summed E-state index contributed by atoms with van der Waals surface area (Å²) in [6, 6.07) is 1.64. The normalized spacial score (nSPS) is 16.1. The average molecular weight is 205 g/mol. The molecular weight excluding hydrogens is 194 g/mol. The fraction of sp³-hybridized carbons (Fsp3) is 0.400. The van der Waals surface area contributed by atoms with Crippen molar-refractivity contribution >= 4 is 11.0 Å². The van der Waals surface area contributed by atoms with Crippen molar-refractivity contribution in [3.8, 4) is 11.6 Å². The van der Waals surface area contributed by atoms with Gasteiger partial charge >= 0.3 is 0 Å². The zero-order valence-electron chi connectivity index (χ0n) is 8.30. The zero-order chi connectivity index (χ0) is 10.6. The van der Waals surface area contributed by atoms with Gasteiger partial charge in [-0.2, -0.15) is 5.10 Å². The molecule has 0 aromatic carbocycles. The van der Waals surface area contributed by atoms with Gasteiger partial charge in [0.25, 0.3) is 0 Å². The van der Waals surface area contributed by atoms with E-state index < -0.39 is 0 Å². The van der Waals surface area contributed by atoms with E-state index in [9.17, 15) is 10.2 Å².